The molecule has 4 N–H and O–H groups in total. The summed E-state index contributed by atoms with van der Waals surface area (Å²) >= 11 is 0. The first-order chi connectivity index (χ1) is 35.7. The summed E-state index contributed by atoms with van der Waals surface area (Å²) in [5.74, 6) is 1.55. The lowest BCUT2D eigenvalue weighted by Crippen LogP contribution is -2.35. The molecule has 0 saturated carbocycles. The van der Waals surface area contributed by atoms with Gasteiger partial charge in [-0.05, 0) is 123 Å². The van der Waals surface area contributed by atoms with Crippen molar-refractivity contribution >= 4 is 101 Å². The number of rotatable bonds is 17. The van der Waals surface area contributed by atoms with Crippen LogP contribution in [0, 0.1) is 0 Å². The fourth-order valence-electron chi connectivity index (χ4n) is 9.51. The van der Waals surface area contributed by atoms with Crippen LogP contribution < -0.4 is 35.5 Å². The zero-order valence-electron chi connectivity index (χ0n) is 40.8. The maximum atomic E-state index is 12.8. The molecule has 73 heavy (non-hydrogen) atoms. The lowest BCUT2D eigenvalue weighted by molar-refractivity contribution is -0.678. The number of ether oxygens (including phenoxy) is 1. The van der Waals surface area contributed by atoms with Crippen LogP contribution in [0.2, 0.25) is 0 Å². The van der Waals surface area contributed by atoms with E-state index in [1.54, 1.807) is 0 Å². The Morgan fingerprint density at radius 2 is 1.05 bits per heavy atom. The standard InChI is InChI=1S/C61H56N6O6/c1-2-41(33-58-66(52-37-46-21-11-13-23-48(46)39-54(52)72-58)31-15-3-5-25-56(68)64-60(70)62-50-29-27-42-17-7-9-19-44(42)35-50)34-59-67(53-38-47-22-12-14-24-49(47)40-55(53)73-59)32-16-4-6-26-57(69)65-61(71)63-51-30-28-43-18-8-10-20-45(43)36-51/h7-14,17-24,27-30,33-40H,2-6,15-16,25-26,31-32H2,1H3,(H3-,62,63,64,65,68,69,70,71)/p+1. The predicted molar refractivity (Wildman–Crippen MR) is 291 cm³/mol. The maximum absolute atomic E-state index is 12.8. The summed E-state index contributed by atoms with van der Waals surface area (Å²) in [7, 11) is 0. The highest BCUT2D eigenvalue weighted by atomic mass is 16.5. The number of nitrogens with one attached hydrogen (secondary N) is 4. The number of aromatic nitrogens is 1. The summed E-state index contributed by atoms with van der Waals surface area (Å²) in [6, 6.07) is 51.0. The van der Waals surface area contributed by atoms with Crippen LogP contribution in [0.1, 0.15) is 70.6 Å². The van der Waals surface area contributed by atoms with E-state index in [9.17, 15) is 19.2 Å². The molecule has 0 aliphatic carbocycles. The maximum Gasteiger partial charge on any atom is 0.374 e. The van der Waals surface area contributed by atoms with Gasteiger partial charge in [-0.2, -0.15) is 4.57 Å². The monoisotopic (exact) mass is 969 g/mol. The number of benzene rings is 8. The fourth-order valence-corrected chi connectivity index (χ4v) is 9.51. The van der Waals surface area contributed by atoms with Crippen molar-refractivity contribution in [1.82, 2.24) is 10.6 Å². The molecule has 2 heterocycles. The molecule has 9 aromatic rings. The van der Waals surface area contributed by atoms with Crippen LogP contribution in [-0.4, -0.2) is 30.4 Å². The number of fused-ring (bicyclic) bond motifs is 6. The first-order valence-electron chi connectivity index (χ1n) is 25.2. The molecular formula is C61H57N6O6+. The number of nitrogens with zero attached hydrogens (tertiary/aromatic N) is 2. The van der Waals surface area contributed by atoms with Crippen LogP contribution in [-0.2, 0) is 16.1 Å². The minimum Gasteiger partial charge on any atom is -0.439 e. The van der Waals surface area contributed by atoms with Crippen LogP contribution in [0.4, 0.5) is 26.7 Å². The molecule has 0 fully saturated rings. The second-order valence-corrected chi connectivity index (χ2v) is 18.5. The first kappa shape index (κ1) is 47.9. The molecule has 1 aliphatic heterocycles. The van der Waals surface area contributed by atoms with Crippen LogP contribution in [0.25, 0.3) is 60.3 Å². The van der Waals surface area contributed by atoms with E-state index in [0.717, 1.165) is 96.9 Å². The van der Waals surface area contributed by atoms with Gasteiger partial charge in [0.1, 0.15) is 0 Å². The Balaban J connectivity index is 0.798. The Bertz CT molecular complexity index is 3610. The van der Waals surface area contributed by atoms with Gasteiger partial charge >= 0.3 is 18.0 Å². The van der Waals surface area contributed by atoms with Crippen LogP contribution >= 0.6 is 0 Å². The van der Waals surface area contributed by atoms with Crippen molar-refractivity contribution in [2.75, 3.05) is 22.1 Å². The summed E-state index contributed by atoms with van der Waals surface area (Å²) in [5.41, 5.74) is 4.98. The molecule has 1 aliphatic rings. The summed E-state index contributed by atoms with van der Waals surface area (Å²) in [5, 5.41) is 19.1. The number of anilines is 3. The second kappa shape index (κ2) is 22.1. The quantitative estimate of drug-likeness (QED) is 0.0525. The highest BCUT2D eigenvalue weighted by molar-refractivity contribution is 6.03. The molecule has 0 spiro atoms. The number of unbranched alkanes of at least 4 members (excludes halogenated alkanes) is 4. The molecule has 12 heteroatoms. The van der Waals surface area contributed by atoms with Gasteiger partial charge in [-0.25, -0.2) is 9.59 Å². The summed E-state index contributed by atoms with van der Waals surface area (Å²) in [6.07, 6.45) is 9.67. The predicted octanol–water partition coefficient (Wildman–Crippen LogP) is 13.7. The molecule has 10 rings (SSSR count). The fraction of sp³-hybridized carbons (Fsp3) is 0.197. The molecule has 1 aromatic heterocycles. The number of amides is 6. The van der Waals surface area contributed by atoms with Gasteiger partial charge in [0.05, 0.1) is 11.8 Å². The third-order valence-corrected chi connectivity index (χ3v) is 13.3. The molecule has 366 valence electrons. The second-order valence-electron chi connectivity index (χ2n) is 18.5. The van der Waals surface area contributed by atoms with Crippen molar-refractivity contribution in [3.05, 3.63) is 181 Å². The number of hydrogen-bond acceptors (Lipinski definition) is 7. The molecule has 6 amide bonds. The van der Waals surface area contributed by atoms with E-state index >= 15 is 0 Å². The Hall–Kier alpha value is -8.77. The molecule has 12 nitrogen and oxygen atoms in total. The van der Waals surface area contributed by atoms with E-state index in [0.29, 0.717) is 55.5 Å². The molecule has 0 atom stereocenters. The lowest BCUT2D eigenvalue weighted by Gasteiger charge is -2.19. The van der Waals surface area contributed by atoms with Crippen molar-refractivity contribution in [1.29, 1.82) is 0 Å². The van der Waals surface area contributed by atoms with E-state index in [1.807, 2.05) is 109 Å². The van der Waals surface area contributed by atoms with E-state index in [-0.39, 0.29) is 24.7 Å². The largest absolute Gasteiger partial charge is 0.439 e. The molecular weight excluding hydrogens is 913 g/mol. The van der Waals surface area contributed by atoms with Gasteiger partial charge in [0, 0.05) is 49.3 Å². The summed E-state index contributed by atoms with van der Waals surface area (Å²) < 4.78 is 15.6. The Morgan fingerprint density at radius 3 is 1.63 bits per heavy atom. The van der Waals surface area contributed by atoms with Crippen molar-refractivity contribution < 1.29 is 32.9 Å². The van der Waals surface area contributed by atoms with Gasteiger partial charge in [-0.1, -0.05) is 123 Å². The number of carbonyl (C=O) groups excluding carboxylic acids is 4. The number of allylic oxidation sites excluding steroid dienone is 2. The number of oxazole rings is 1. The van der Waals surface area contributed by atoms with Crippen molar-refractivity contribution in [3.8, 4) is 5.75 Å². The van der Waals surface area contributed by atoms with Gasteiger partial charge in [-0.3, -0.25) is 20.2 Å². The average molecular weight is 970 g/mol. The number of imide groups is 2. The van der Waals surface area contributed by atoms with Crippen molar-refractivity contribution in [2.45, 2.75) is 71.3 Å². The minimum absolute atomic E-state index is 0.225. The zero-order chi connectivity index (χ0) is 50.1. The minimum atomic E-state index is -0.548. The third-order valence-electron chi connectivity index (χ3n) is 13.3. The van der Waals surface area contributed by atoms with E-state index < -0.39 is 12.1 Å². The van der Waals surface area contributed by atoms with Crippen LogP contribution in [0.15, 0.2) is 180 Å². The van der Waals surface area contributed by atoms with Gasteiger partial charge in [-0.15, -0.1) is 0 Å². The number of aryl methyl sites for hydroxylation is 1. The average Bonchev–Trinajstić information content (AvgIpc) is 3.90. The Labute approximate surface area is 423 Å². The Morgan fingerprint density at radius 1 is 0.548 bits per heavy atom. The highest BCUT2D eigenvalue weighted by Gasteiger charge is 2.28. The number of carbonyl (C=O) groups is 4. The van der Waals surface area contributed by atoms with E-state index in [4.69, 9.17) is 9.15 Å². The smallest absolute Gasteiger partial charge is 0.374 e. The summed E-state index contributed by atoms with van der Waals surface area (Å²) in [6.45, 7) is 3.43. The lowest BCUT2D eigenvalue weighted by atomic mass is 10.1. The van der Waals surface area contributed by atoms with Gasteiger partial charge in [0.15, 0.2) is 12.3 Å². The molecule has 0 unspecified atom stereocenters. The molecule has 0 radical (unpaired) electrons. The Kier molecular flexibility index (Phi) is 14.5. The number of hydrogen-bond donors (Lipinski definition) is 4. The van der Waals surface area contributed by atoms with Gasteiger partial charge in [0.2, 0.25) is 23.3 Å². The highest BCUT2D eigenvalue weighted by Crippen LogP contribution is 2.42. The molecule has 0 saturated heterocycles. The number of urea groups is 2. The topological polar surface area (TPSA) is 146 Å². The summed E-state index contributed by atoms with van der Waals surface area (Å²) in [4.78, 5) is 53.2. The zero-order valence-corrected chi connectivity index (χ0v) is 40.8. The van der Waals surface area contributed by atoms with Crippen LogP contribution in [0.3, 0.4) is 0 Å². The first-order valence-corrected chi connectivity index (χ1v) is 25.2. The van der Waals surface area contributed by atoms with Crippen molar-refractivity contribution in [3.63, 3.8) is 0 Å². The van der Waals surface area contributed by atoms with Gasteiger partial charge in [0.25, 0.3) is 5.52 Å². The van der Waals surface area contributed by atoms with Gasteiger partial charge < -0.3 is 24.7 Å². The normalized spacial score (nSPS) is 12.9. The molecule has 8 aromatic carbocycles. The van der Waals surface area contributed by atoms with Crippen molar-refractivity contribution in [2.24, 2.45) is 0 Å². The van der Waals surface area contributed by atoms with Crippen LogP contribution in [0.5, 0.6) is 5.75 Å². The molecule has 0 bridgehead atoms. The SMILES string of the molecule is CCC(=Cc1oc2cc3ccccc3cc2[n+]1CCCCCC(=O)NC(=O)Nc1ccc2ccccc2c1)C=C1Oc2cc3ccccc3cc2N1CCCCCC(=O)NC(=O)Nc1ccc2ccccc2c1. The van der Waals surface area contributed by atoms with E-state index in [1.165, 1.54) is 0 Å². The third kappa shape index (κ3) is 11.6. The van der Waals surface area contributed by atoms with E-state index in [2.05, 4.69) is 98.3 Å².